The van der Waals surface area contributed by atoms with E-state index >= 15 is 0 Å². The molecule has 1 fully saturated rings. The van der Waals surface area contributed by atoms with Crippen LogP contribution in [0, 0.1) is 6.92 Å². The predicted octanol–water partition coefficient (Wildman–Crippen LogP) is 2.67. The number of hydrogen-bond donors (Lipinski definition) is 2. The molecule has 0 spiro atoms. The van der Waals surface area contributed by atoms with Gasteiger partial charge in [0, 0.05) is 37.3 Å². The van der Waals surface area contributed by atoms with E-state index in [2.05, 4.69) is 10.0 Å². The van der Waals surface area contributed by atoms with Crippen LogP contribution in [0.2, 0.25) is 0 Å². The van der Waals surface area contributed by atoms with Crippen LogP contribution in [-0.4, -0.2) is 38.2 Å². The van der Waals surface area contributed by atoms with E-state index in [1.54, 1.807) is 30.9 Å². The van der Waals surface area contributed by atoms with Gasteiger partial charge in [-0.15, -0.1) is 0 Å². The molecule has 0 radical (unpaired) electrons. The van der Waals surface area contributed by atoms with Gasteiger partial charge in [-0.3, -0.25) is 9.59 Å². The normalized spacial score (nSPS) is 14.3. The molecule has 8 heteroatoms. The van der Waals surface area contributed by atoms with Crippen LogP contribution in [-0.2, 0) is 21.4 Å². The molecule has 1 aliphatic heterocycles. The second kappa shape index (κ2) is 8.75. The highest BCUT2D eigenvalue weighted by Gasteiger charge is 2.20. The number of benzene rings is 2. The van der Waals surface area contributed by atoms with Crippen molar-refractivity contribution in [3.8, 4) is 0 Å². The fourth-order valence-corrected chi connectivity index (χ4v) is 4.39. The zero-order valence-corrected chi connectivity index (χ0v) is 17.4. The largest absolute Gasteiger partial charge is 0.338 e. The third-order valence-electron chi connectivity index (χ3n) is 4.83. The molecule has 7 nitrogen and oxygen atoms in total. The van der Waals surface area contributed by atoms with Gasteiger partial charge in [0.1, 0.15) is 0 Å². The topological polar surface area (TPSA) is 95.6 Å². The number of amides is 2. The van der Waals surface area contributed by atoms with Crippen molar-refractivity contribution in [3.05, 3.63) is 59.2 Å². The van der Waals surface area contributed by atoms with E-state index in [4.69, 9.17) is 0 Å². The quantitative estimate of drug-likeness (QED) is 0.727. The van der Waals surface area contributed by atoms with Crippen LogP contribution < -0.4 is 10.0 Å². The van der Waals surface area contributed by atoms with Crippen molar-refractivity contribution in [2.75, 3.05) is 18.4 Å². The summed E-state index contributed by atoms with van der Waals surface area (Å²) in [4.78, 5) is 26.5. The van der Waals surface area contributed by atoms with Crippen LogP contribution in [0.1, 0.15) is 41.3 Å². The zero-order valence-electron chi connectivity index (χ0n) is 16.6. The SMILES string of the molecule is CCNS(=O)(=O)c1ccc(C)c(C(=O)Nc2cccc(CN3CCCC3=O)c2)c1. The number of hydrogen-bond acceptors (Lipinski definition) is 4. The minimum atomic E-state index is -3.65. The van der Waals surface area contributed by atoms with Crippen molar-refractivity contribution in [1.82, 2.24) is 9.62 Å². The first-order chi connectivity index (χ1) is 13.8. The fourth-order valence-electron chi connectivity index (χ4n) is 3.32. The summed E-state index contributed by atoms with van der Waals surface area (Å²) in [6.45, 7) is 4.99. The monoisotopic (exact) mass is 415 g/mol. The van der Waals surface area contributed by atoms with Gasteiger partial charge in [-0.1, -0.05) is 25.1 Å². The molecular weight excluding hydrogens is 390 g/mol. The molecule has 2 aromatic rings. The van der Waals surface area contributed by atoms with Gasteiger partial charge in [-0.2, -0.15) is 0 Å². The molecule has 2 N–H and O–H groups in total. The minimum absolute atomic E-state index is 0.0522. The maximum atomic E-state index is 12.8. The summed E-state index contributed by atoms with van der Waals surface area (Å²) in [6.07, 6.45) is 1.46. The van der Waals surface area contributed by atoms with E-state index in [-0.39, 0.29) is 23.3 Å². The Labute approximate surface area is 171 Å². The van der Waals surface area contributed by atoms with E-state index in [1.807, 2.05) is 18.2 Å². The highest BCUT2D eigenvalue weighted by molar-refractivity contribution is 7.89. The number of sulfonamides is 1. The van der Waals surface area contributed by atoms with Crippen LogP contribution in [0.3, 0.4) is 0 Å². The number of carbonyl (C=O) groups is 2. The number of nitrogens with one attached hydrogen (secondary N) is 2. The molecule has 2 aromatic carbocycles. The summed E-state index contributed by atoms with van der Waals surface area (Å²) < 4.78 is 26.9. The number of likely N-dealkylation sites (tertiary alicyclic amines) is 1. The lowest BCUT2D eigenvalue weighted by atomic mass is 10.1. The Hall–Kier alpha value is -2.71. The maximum absolute atomic E-state index is 12.8. The average Bonchev–Trinajstić information content (AvgIpc) is 3.06. The molecular formula is C21H25N3O4S. The third-order valence-corrected chi connectivity index (χ3v) is 6.37. The van der Waals surface area contributed by atoms with E-state index in [0.29, 0.717) is 29.8 Å². The number of aryl methyl sites for hydroxylation is 1. The Balaban J connectivity index is 1.78. The number of rotatable bonds is 7. The van der Waals surface area contributed by atoms with Crippen molar-refractivity contribution >= 4 is 27.5 Å². The van der Waals surface area contributed by atoms with Crippen LogP contribution in [0.25, 0.3) is 0 Å². The van der Waals surface area contributed by atoms with E-state index < -0.39 is 10.0 Å². The maximum Gasteiger partial charge on any atom is 0.255 e. The van der Waals surface area contributed by atoms with Gasteiger partial charge in [0.2, 0.25) is 15.9 Å². The molecule has 1 saturated heterocycles. The molecule has 0 aliphatic carbocycles. The van der Waals surface area contributed by atoms with Gasteiger partial charge in [0.05, 0.1) is 4.90 Å². The molecule has 154 valence electrons. The predicted molar refractivity (Wildman–Crippen MR) is 111 cm³/mol. The second-order valence-corrected chi connectivity index (χ2v) is 8.82. The van der Waals surface area contributed by atoms with Gasteiger partial charge >= 0.3 is 0 Å². The molecule has 29 heavy (non-hydrogen) atoms. The Kier molecular flexibility index (Phi) is 6.34. The Morgan fingerprint density at radius 3 is 2.66 bits per heavy atom. The van der Waals surface area contributed by atoms with Crippen molar-refractivity contribution in [2.24, 2.45) is 0 Å². The summed E-state index contributed by atoms with van der Waals surface area (Å²) in [5.74, 6) is -0.237. The second-order valence-electron chi connectivity index (χ2n) is 7.05. The first-order valence-corrected chi connectivity index (χ1v) is 11.1. The summed E-state index contributed by atoms with van der Waals surface area (Å²) in [5.41, 5.74) is 2.50. The van der Waals surface area contributed by atoms with E-state index in [1.165, 1.54) is 12.1 Å². The number of nitrogens with zero attached hydrogens (tertiary/aromatic N) is 1. The van der Waals surface area contributed by atoms with E-state index in [0.717, 1.165) is 18.5 Å². The van der Waals surface area contributed by atoms with Gasteiger partial charge < -0.3 is 10.2 Å². The molecule has 0 saturated carbocycles. The summed E-state index contributed by atoms with van der Waals surface area (Å²) in [5, 5.41) is 2.83. The third kappa shape index (κ3) is 5.02. The smallest absolute Gasteiger partial charge is 0.255 e. The Morgan fingerprint density at radius 1 is 1.17 bits per heavy atom. The van der Waals surface area contributed by atoms with Crippen LogP contribution in [0.15, 0.2) is 47.4 Å². The first kappa shape index (κ1) is 21.0. The van der Waals surface area contributed by atoms with Crippen LogP contribution >= 0.6 is 0 Å². The summed E-state index contributed by atoms with van der Waals surface area (Å²) >= 11 is 0. The highest BCUT2D eigenvalue weighted by Crippen LogP contribution is 2.20. The first-order valence-electron chi connectivity index (χ1n) is 9.58. The Morgan fingerprint density at radius 2 is 1.97 bits per heavy atom. The van der Waals surface area contributed by atoms with E-state index in [9.17, 15) is 18.0 Å². The van der Waals surface area contributed by atoms with Gasteiger partial charge in [-0.25, -0.2) is 13.1 Å². The lowest BCUT2D eigenvalue weighted by Crippen LogP contribution is -2.24. The average molecular weight is 416 g/mol. The molecule has 0 unspecified atom stereocenters. The highest BCUT2D eigenvalue weighted by atomic mass is 32.2. The van der Waals surface area contributed by atoms with Crippen molar-refractivity contribution < 1.29 is 18.0 Å². The lowest BCUT2D eigenvalue weighted by Gasteiger charge is -2.16. The molecule has 1 heterocycles. The van der Waals surface area contributed by atoms with Gasteiger partial charge in [-0.05, 0) is 48.7 Å². The van der Waals surface area contributed by atoms with Crippen LogP contribution in [0.4, 0.5) is 5.69 Å². The molecule has 0 bridgehead atoms. The van der Waals surface area contributed by atoms with Crippen LogP contribution in [0.5, 0.6) is 0 Å². The zero-order chi connectivity index (χ0) is 21.0. The molecule has 0 atom stereocenters. The van der Waals surface area contributed by atoms with Gasteiger partial charge in [0.15, 0.2) is 0 Å². The summed E-state index contributed by atoms with van der Waals surface area (Å²) in [6, 6.07) is 11.8. The van der Waals surface area contributed by atoms with Crippen molar-refractivity contribution in [3.63, 3.8) is 0 Å². The number of carbonyl (C=O) groups excluding carboxylic acids is 2. The lowest BCUT2D eigenvalue weighted by molar-refractivity contribution is -0.128. The fraction of sp³-hybridized carbons (Fsp3) is 0.333. The molecule has 1 aliphatic rings. The number of anilines is 1. The molecule has 3 rings (SSSR count). The van der Waals surface area contributed by atoms with Gasteiger partial charge in [0.25, 0.3) is 5.91 Å². The molecule has 2 amide bonds. The Bertz CT molecular complexity index is 1030. The summed E-state index contributed by atoms with van der Waals surface area (Å²) in [7, 11) is -3.65. The molecule has 0 aromatic heterocycles. The van der Waals surface area contributed by atoms with Crippen molar-refractivity contribution in [2.45, 2.75) is 38.1 Å². The standard InChI is InChI=1S/C21H25N3O4S/c1-3-22-29(27,28)18-10-9-15(2)19(13-18)21(26)23-17-7-4-6-16(12-17)14-24-11-5-8-20(24)25/h4,6-7,9-10,12-13,22H,3,5,8,11,14H2,1-2H3,(H,23,26). The minimum Gasteiger partial charge on any atom is -0.338 e. The van der Waals surface area contributed by atoms with Crippen molar-refractivity contribution in [1.29, 1.82) is 0 Å².